The van der Waals surface area contributed by atoms with Crippen molar-refractivity contribution in [3.05, 3.63) is 29.8 Å². The first-order valence-corrected chi connectivity index (χ1v) is 7.03. The van der Waals surface area contributed by atoms with Crippen molar-refractivity contribution in [2.75, 3.05) is 23.4 Å². The molecule has 0 aliphatic heterocycles. The number of para-hydroxylation sites is 1. The molecule has 0 fully saturated rings. The molecule has 3 heteroatoms. The van der Waals surface area contributed by atoms with E-state index in [-0.39, 0.29) is 0 Å². The van der Waals surface area contributed by atoms with Crippen LogP contribution < -0.4 is 5.32 Å². The highest BCUT2D eigenvalue weighted by molar-refractivity contribution is 7.99. The van der Waals surface area contributed by atoms with Crippen LogP contribution in [-0.2, 0) is 5.88 Å². The smallest absolute Gasteiger partial charge is 0.0494 e. The molecule has 0 amide bonds. The van der Waals surface area contributed by atoms with Crippen molar-refractivity contribution in [3.63, 3.8) is 0 Å². The van der Waals surface area contributed by atoms with Crippen molar-refractivity contribution in [1.82, 2.24) is 0 Å². The highest BCUT2D eigenvalue weighted by Gasteiger charge is 1.98. The van der Waals surface area contributed by atoms with Crippen molar-refractivity contribution >= 4 is 29.1 Å². The van der Waals surface area contributed by atoms with Gasteiger partial charge in [-0.2, -0.15) is 11.8 Å². The second-order valence-electron chi connectivity index (χ2n) is 3.27. The van der Waals surface area contributed by atoms with Gasteiger partial charge in [0.05, 0.1) is 0 Å². The summed E-state index contributed by atoms with van der Waals surface area (Å²) in [5.41, 5.74) is 2.36. The summed E-state index contributed by atoms with van der Waals surface area (Å²) in [5.74, 6) is 3.01. The standard InChI is InChI=1S/C12H18ClNS/c1-2-15-9-5-8-14-12-7-4-3-6-11(12)10-13/h3-4,6-7,14H,2,5,8-10H2,1H3. The summed E-state index contributed by atoms with van der Waals surface area (Å²) in [7, 11) is 0. The highest BCUT2D eigenvalue weighted by atomic mass is 35.5. The van der Waals surface area contributed by atoms with E-state index in [1.54, 1.807) is 0 Å². The minimum Gasteiger partial charge on any atom is -0.385 e. The predicted molar refractivity (Wildman–Crippen MR) is 72.1 cm³/mol. The average Bonchev–Trinajstić information content (AvgIpc) is 2.29. The van der Waals surface area contributed by atoms with Gasteiger partial charge in [-0.1, -0.05) is 25.1 Å². The maximum atomic E-state index is 5.85. The fourth-order valence-corrected chi connectivity index (χ4v) is 2.22. The minimum atomic E-state index is 0.576. The van der Waals surface area contributed by atoms with Crippen LogP contribution in [0.1, 0.15) is 18.9 Å². The van der Waals surface area contributed by atoms with Gasteiger partial charge in [0.2, 0.25) is 0 Å². The normalized spacial score (nSPS) is 10.3. The van der Waals surface area contributed by atoms with E-state index in [9.17, 15) is 0 Å². The summed E-state index contributed by atoms with van der Waals surface area (Å²) in [6.45, 7) is 3.22. The topological polar surface area (TPSA) is 12.0 Å². The Balaban J connectivity index is 2.30. The molecule has 0 aliphatic carbocycles. The summed E-state index contributed by atoms with van der Waals surface area (Å²) >= 11 is 7.84. The molecule has 0 saturated heterocycles. The number of hydrogen-bond donors (Lipinski definition) is 1. The summed E-state index contributed by atoms with van der Waals surface area (Å²) in [5, 5.41) is 3.43. The number of benzene rings is 1. The summed E-state index contributed by atoms with van der Waals surface area (Å²) in [6.07, 6.45) is 1.20. The number of thioether (sulfide) groups is 1. The third-order valence-corrected chi connectivity index (χ3v) is 3.42. The number of hydrogen-bond acceptors (Lipinski definition) is 2. The van der Waals surface area contributed by atoms with Gasteiger partial charge in [-0.05, 0) is 29.6 Å². The van der Waals surface area contributed by atoms with Crippen molar-refractivity contribution in [2.45, 2.75) is 19.2 Å². The highest BCUT2D eigenvalue weighted by Crippen LogP contribution is 2.16. The van der Waals surface area contributed by atoms with E-state index in [0.29, 0.717) is 5.88 Å². The van der Waals surface area contributed by atoms with Gasteiger partial charge < -0.3 is 5.32 Å². The number of anilines is 1. The molecular weight excluding hydrogens is 226 g/mol. The first kappa shape index (κ1) is 12.7. The van der Waals surface area contributed by atoms with E-state index < -0.39 is 0 Å². The monoisotopic (exact) mass is 243 g/mol. The molecule has 0 unspecified atom stereocenters. The summed E-state index contributed by atoms with van der Waals surface area (Å²) < 4.78 is 0. The van der Waals surface area contributed by atoms with E-state index in [4.69, 9.17) is 11.6 Å². The number of rotatable bonds is 7. The second kappa shape index (κ2) is 7.89. The van der Waals surface area contributed by atoms with E-state index in [0.717, 1.165) is 6.54 Å². The van der Waals surface area contributed by atoms with Crippen LogP contribution in [0.3, 0.4) is 0 Å². The van der Waals surface area contributed by atoms with Crippen molar-refractivity contribution < 1.29 is 0 Å². The molecule has 0 spiro atoms. The molecule has 1 rings (SSSR count). The third-order valence-electron chi connectivity index (χ3n) is 2.15. The van der Waals surface area contributed by atoms with Crippen LogP contribution in [-0.4, -0.2) is 18.1 Å². The van der Waals surface area contributed by atoms with Crippen LogP contribution in [0.5, 0.6) is 0 Å². The van der Waals surface area contributed by atoms with Crippen LogP contribution in [0.25, 0.3) is 0 Å². The summed E-state index contributed by atoms with van der Waals surface area (Å²) in [4.78, 5) is 0. The Morgan fingerprint density at radius 1 is 1.33 bits per heavy atom. The van der Waals surface area contributed by atoms with E-state index in [2.05, 4.69) is 24.4 Å². The van der Waals surface area contributed by atoms with Gasteiger partial charge >= 0.3 is 0 Å². The average molecular weight is 244 g/mol. The zero-order chi connectivity index (χ0) is 10.9. The molecule has 1 aromatic carbocycles. The molecule has 0 aromatic heterocycles. The number of nitrogens with one attached hydrogen (secondary N) is 1. The van der Waals surface area contributed by atoms with Gasteiger partial charge in [-0.15, -0.1) is 11.6 Å². The maximum absolute atomic E-state index is 5.85. The molecule has 1 N–H and O–H groups in total. The zero-order valence-corrected chi connectivity index (χ0v) is 10.7. The van der Waals surface area contributed by atoms with Crippen LogP contribution in [0.2, 0.25) is 0 Å². The zero-order valence-electron chi connectivity index (χ0n) is 9.13. The van der Waals surface area contributed by atoms with Gasteiger partial charge in [0.1, 0.15) is 0 Å². The van der Waals surface area contributed by atoms with Crippen molar-refractivity contribution in [3.8, 4) is 0 Å². The van der Waals surface area contributed by atoms with E-state index >= 15 is 0 Å². The Labute approximate surface area is 102 Å². The lowest BCUT2D eigenvalue weighted by Gasteiger charge is -2.09. The maximum Gasteiger partial charge on any atom is 0.0494 e. The fourth-order valence-electron chi connectivity index (χ4n) is 1.35. The molecule has 0 atom stereocenters. The van der Waals surface area contributed by atoms with Gasteiger partial charge in [0, 0.05) is 18.1 Å². The Kier molecular flexibility index (Phi) is 6.69. The van der Waals surface area contributed by atoms with Crippen molar-refractivity contribution in [1.29, 1.82) is 0 Å². The Morgan fingerprint density at radius 3 is 2.87 bits per heavy atom. The van der Waals surface area contributed by atoms with Crippen LogP contribution in [0, 0.1) is 0 Å². The first-order valence-electron chi connectivity index (χ1n) is 5.34. The quantitative estimate of drug-likeness (QED) is 0.574. The lowest BCUT2D eigenvalue weighted by atomic mass is 10.2. The van der Waals surface area contributed by atoms with E-state index in [1.165, 1.54) is 29.2 Å². The van der Waals surface area contributed by atoms with Crippen LogP contribution in [0.15, 0.2) is 24.3 Å². The predicted octanol–water partition coefficient (Wildman–Crippen LogP) is 3.98. The van der Waals surface area contributed by atoms with Crippen LogP contribution in [0.4, 0.5) is 5.69 Å². The molecule has 0 bridgehead atoms. The van der Waals surface area contributed by atoms with Gasteiger partial charge in [0.25, 0.3) is 0 Å². The molecule has 84 valence electrons. The minimum absolute atomic E-state index is 0.576. The Bertz CT molecular complexity index is 278. The molecule has 1 nitrogen and oxygen atoms in total. The molecule has 0 aliphatic rings. The lowest BCUT2D eigenvalue weighted by Crippen LogP contribution is -2.04. The fraction of sp³-hybridized carbons (Fsp3) is 0.500. The third kappa shape index (κ3) is 4.80. The van der Waals surface area contributed by atoms with E-state index in [1.807, 2.05) is 23.9 Å². The van der Waals surface area contributed by atoms with Gasteiger partial charge in [0.15, 0.2) is 0 Å². The molecule has 0 heterocycles. The Morgan fingerprint density at radius 2 is 2.13 bits per heavy atom. The molecular formula is C12H18ClNS. The SMILES string of the molecule is CCSCCCNc1ccccc1CCl. The lowest BCUT2D eigenvalue weighted by molar-refractivity contribution is 0.989. The van der Waals surface area contributed by atoms with Gasteiger partial charge in [-0.25, -0.2) is 0 Å². The van der Waals surface area contributed by atoms with Crippen LogP contribution >= 0.6 is 23.4 Å². The largest absolute Gasteiger partial charge is 0.385 e. The molecule has 0 radical (unpaired) electrons. The Hall–Kier alpha value is -0.340. The molecule has 0 saturated carbocycles. The number of alkyl halides is 1. The first-order chi connectivity index (χ1) is 7.38. The molecule has 15 heavy (non-hydrogen) atoms. The molecule has 1 aromatic rings. The number of halogens is 1. The summed E-state index contributed by atoms with van der Waals surface area (Å²) in [6, 6.07) is 8.22. The van der Waals surface area contributed by atoms with Crippen molar-refractivity contribution in [2.24, 2.45) is 0 Å². The second-order valence-corrected chi connectivity index (χ2v) is 4.93. The van der Waals surface area contributed by atoms with Gasteiger partial charge in [-0.3, -0.25) is 0 Å².